The Labute approximate surface area is 188 Å². The number of halogens is 1. The van der Waals surface area contributed by atoms with Crippen LogP contribution in [0, 0.1) is 19.8 Å². The molecule has 1 atom stereocenters. The maximum atomic E-state index is 12.3. The van der Waals surface area contributed by atoms with Crippen LogP contribution in [0.25, 0.3) is 0 Å². The maximum Gasteiger partial charge on any atom is 0.311 e. The van der Waals surface area contributed by atoms with Gasteiger partial charge in [0.2, 0.25) is 5.91 Å². The molecule has 3 amide bonds. The summed E-state index contributed by atoms with van der Waals surface area (Å²) in [7, 11) is 0. The first-order valence-electron chi connectivity index (χ1n) is 9.63. The first-order valence-corrected chi connectivity index (χ1v) is 10.4. The normalized spacial score (nSPS) is 15.5. The maximum absolute atomic E-state index is 12.3. The molecule has 3 rings (SSSR count). The van der Waals surface area contributed by atoms with Gasteiger partial charge in [-0.25, -0.2) is 0 Å². The van der Waals surface area contributed by atoms with E-state index in [4.69, 9.17) is 4.74 Å². The van der Waals surface area contributed by atoms with Crippen molar-refractivity contribution in [1.29, 1.82) is 0 Å². The second-order valence-corrected chi connectivity index (χ2v) is 8.25. The summed E-state index contributed by atoms with van der Waals surface area (Å²) >= 11 is 3.35. The van der Waals surface area contributed by atoms with Crippen molar-refractivity contribution in [3.63, 3.8) is 0 Å². The molecule has 1 saturated heterocycles. The predicted molar refractivity (Wildman–Crippen MR) is 117 cm³/mol. The van der Waals surface area contributed by atoms with Crippen LogP contribution in [-0.4, -0.2) is 41.9 Å². The van der Waals surface area contributed by atoms with Gasteiger partial charge in [0.25, 0.3) is 11.8 Å². The summed E-state index contributed by atoms with van der Waals surface area (Å²) in [6.45, 7) is 3.23. The lowest BCUT2D eigenvalue weighted by Gasteiger charge is -2.17. The monoisotopic (exact) mass is 487 g/mol. The van der Waals surface area contributed by atoms with E-state index in [0.29, 0.717) is 11.3 Å². The standard InChI is InChI=1S/C22H22BrN3O5/c1-13-4-3-5-15(8-13)21(29)25-26-11-16(10-20(26)28)22(30)31-12-19(27)24-18-7-6-17(23)9-14(18)2/h3-9,16H,10-12H2,1-2H3,(H,24,27)(H,25,29)/t16-/m1/s1. The molecular weight excluding hydrogens is 466 g/mol. The van der Waals surface area contributed by atoms with Gasteiger partial charge in [-0.15, -0.1) is 0 Å². The van der Waals surface area contributed by atoms with Gasteiger partial charge in [-0.05, 0) is 49.7 Å². The lowest BCUT2D eigenvalue weighted by molar-refractivity contribution is -0.151. The number of hydrogen-bond donors (Lipinski definition) is 2. The predicted octanol–water partition coefficient (Wildman–Crippen LogP) is 2.74. The highest BCUT2D eigenvalue weighted by atomic mass is 79.9. The topological polar surface area (TPSA) is 105 Å². The average molecular weight is 488 g/mol. The summed E-state index contributed by atoms with van der Waals surface area (Å²) < 4.78 is 5.96. The van der Waals surface area contributed by atoms with Gasteiger partial charge in [0.05, 0.1) is 12.5 Å². The van der Waals surface area contributed by atoms with Crippen LogP contribution in [0.3, 0.4) is 0 Å². The van der Waals surface area contributed by atoms with E-state index in [1.54, 1.807) is 30.3 Å². The third-order valence-corrected chi connectivity index (χ3v) is 5.28. The van der Waals surface area contributed by atoms with Crippen LogP contribution in [-0.2, 0) is 19.1 Å². The molecule has 0 aromatic heterocycles. The fraction of sp³-hybridized carbons (Fsp3) is 0.273. The van der Waals surface area contributed by atoms with Gasteiger partial charge >= 0.3 is 5.97 Å². The van der Waals surface area contributed by atoms with Gasteiger partial charge in [-0.1, -0.05) is 33.6 Å². The Morgan fingerprint density at radius 3 is 2.65 bits per heavy atom. The Morgan fingerprint density at radius 2 is 1.94 bits per heavy atom. The van der Waals surface area contributed by atoms with Crippen LogP contribution in [0.1, 0.15) is 27.9 Å². The number of hydrazine groups is 1. The summed E-state index contributed by atoms with van der Waals surface area (Å²) in [5, 5.41) is 3.79. The summed E-state index contributed by atoms with van der Waals surface area (Å²) in [6.07, 6.45) is -0.0969. The molecule has 0 aliphatic carbocycles. The molecule has 8 nitrogen and oxygen atoms in total. The lowest BCUT2D eigenvalue weighted by Crippen LogP contribution is -2.43. The number of rotatable bonds is 6. The molecule has 0 unspecified atom stereocenters. The molecule has 0 bridgehead atoms. The first kappa shape index (κ1) is 22.5. The molecule has 9 heteroatoms. The minimum atomic E-state index is -0.757. The Bertz CT molecular complexity index is 1040. The number of ether oxygens (including phenoxy) is 1. The van der Waals surface area contributed by atoms with Gasteiger partial charge < -0.3 is 10.1 Å². The van der Waals surface area contributed by atoms with E-state index >= 15 is 0 Å². The van der Waals surface area contributed by atoms with E-state index in [1.165, 1.54) is 0 Å². The van der Waals surface area contributed by atoms with Gasteiger partial charge in [0, 0.05) is 22.1 Å². The van der Waals surface area contributed by atoms with Crippen molar-refractivity contribution >= 4 is 45.3 Å². The Kier molecular flexibility index (Phi) is 7.06. The fourth-order valence-electron chi connectivity index (χ4n) is 3.16. The quantitative estimate of drug-likeness (QED) is 0.609. The highest BCUT2D eigenvalue weighted by Crippen LogP contribution is 2.20. The number of hydrogen-bond acceptors (Lipinski definition) is 5. The van der Waals surface area contributed by atoms with Crippen molar-refractivity contribution in [2.75, 3.05) is 18.5 Å². The van der Waals surface area contributed by atoms with E-state index < -0.39 is 36.2 Å². The molecule has 2 N–H and O–H groups in total. The molecule has 162 valence electrons. The van der Waals surface area contributed by atoms with E-state index in [2.05, 4.69) is 26.7 Å². The zero-order valence-electron chi connectivity index (χ0n) is 17.1. The van der Waals surface area contributed by atoms with Crippen molar-refractivity contribution in [2.24, 2.45) is 5.92 Å². The number of anilines is 1. The summed E-state index contributed by atoms with van der Waals surface area (Å²) in [5.41, 5.74) is 5.32. The first-order chi connectivity index (χ1) is 14.7. The second kappa shape index (κ2) is 9.74. The molecule has 0 radical (unpaired) electrons. The highest BCUT2D eigenvalue weighted by Gasteiger charge is 2.36. The minimum Gasteiger partial charge on any atom is -0.455 e. The number of nitrogens with one attached hydrogen (secondary N) is 2. The smallest absolute Gasteiger partial charge is 0.311 e. The SMILES string of the molecule is Cc1cccc(C(=O)NN2C[C@H](C(=O)OCC(=O)Nc3ccc(Br)cc3C)CC2=O)c1. The lowest BCUT2D eigenvalue weighted by atomic mass is 10.1. The van der Waals surface area contributed by atoms with Crippen LogP contribution in [0.2, 0.25) is 0 Å². The van der Waals surface area contributed by atoms with Gasteiger partial charge in [0.15, 0.2) is 6.61 Å². The van der Waals surface area contributed by atoms with Gasteiger partial charge in [0.1, 0.15) is 0 Å². The van der Waals surface area contributed by atoms with Crippen molar-refractivity contribution in [3.05, 3.63) is 63.6 Å². The van der Waals surface area contributed by atoms with E-state index in [1.807, 2.05) is 26.0 Å². The second-order valence-electron chi connectivity index (χ2n) is 7.33. The zero-order valence-corrected chi connectivity index (χ0v) is 18.7. The Hall–Kier alpha value is -3.20. The summed E-state index contributed by atoms with van der Waals surface area (Å²) in [4.78, 5) is 48.9. The number of aryl methyl sites for hydroxylation is 2. The number of esters is 1. The molecule has 1 aliphatic heterocycles. The van der Waals surface area contributed by atoms with Crippen LogP contribution >= 0.6 is 15.9 Å². The molecule has 1 fully saturated rings. The largest absolute Gasteiger partial charge is 0.455 e. The van der Waals surface area contributed by atoms with E-state index in [0.717, 1.165) is 20.6 Å². The van der Waals surface area contributed by atoms with Crippen LogP contribution < -0.4 is 10.7 Å². The van der Waals surface area contributed by atoms with Crippen LogP contribution in [0.15, 0.2) is 46.9 Å². The van der Waals surface area contributed by atoms with E-state index in [9.17, 15) is 19.2 Å². The van der Waals surface area contributed by atoms with Gasteiger partial charge in [-0.3, -0.25) is 29.6 Å². The summed E-state index contributed by atoms with van der Waals surface area (Å²) in [6, 6.07) is 12.3. The van der Waals surface area contributed by atoms with Crippen molar-refractivity contribution in [2.45, 2.75) is 20.3 Å². The molecule has 2 aromatic carbocycles. The number of carbonyl (C=O) groups is 4. The van der Waals surface area contributed by atoms with Crippen molar-refractivity contribution in [3.8, 4) is 0 Å². The molecular formula is C22H22BrN3O5. The molecule has 31 heavy (non-hydrogen) atoms. The highest BCUT2D eigenvalue weighted by molar-refractivity contribution is 9.10. The fourth-order valence-corrected chi connectivity index (χ4v) is 3.63. The number of benzene rings is 2. The molecule has 2 aromatic rings. The van der Waals surface area contributed by atoms with Gasteiger partial charge in [-0.2, -0.15) is 0 Å². The third kappa shape index (κ3) is 5.91. The minimum absolute atomic E-state index is 0.0112. The molecule has 0 spiro atoms. The molecule has 1 aliphatic rings. The van der Waals surface area contributed by atoms with E-state index in [-0.39, 0.29) is 13.0 Å². The average Bonchev–Trinajstić information content (AvgIpc) is 3.08. The molecule has 0 saturated carbocycles. The van der Waals surface area contributed by atoms with Crippen molar-refractivity contribution < 1.29 is 23.9 Å². The van der Waals surface area contributed by atoms with Crippen LogP contribution in [0.4, 0.5) is 5.69 Å². The Morgan fingerprint density at radius 1 is 1.16 bits per heavy atom. The number of carbonyl (C=O) groups excluding carboxylic acids is 4. The van der Waals surface area contributed by atoms with Crippen LogP contribution in [0.5, 0.6) is 0 Å². The van der Waals surface area contributed by atoms with Crippen molar-refractivity contribution in [1.82, 2.24) is 10.4 Å². The third-order valence-electron chi connectivity index (χ3n) is 4.78. The Balaban J connectivity index is 1.49. The zero-order chi connectivity index (χ0) is 22.5. The number of nitrogens with zero attached hydrogens (tertiary/aromatic N) is 1. The summed E-state index contributed by atoms with van der Waals surface area (Å²) in [5.74, 6) is -2.73. The number of amides is 3. The molecule has 1 heterocycles.